The van der Waals surface area contributed by atoms with Gasteiger partial charge >= 0.3 is 0 Å². The van der Waals surface area contributed by atoms with Crippen LogP contribution in [0.25, 0.3) is 0 Å². The zero-order chi connectivity index (χ0) is 51.5. The predicted molar refractivity (Wildman–Crippen MR) is 299 cm³/mol. The Morgan fingerprint density at radius 2 is 0.873 bits per heavy atom. The van der Waals surface area contributed by atoms with E-state index in [1.165, 1.54) is 38.5 Å². The van der Waals surface area contributed by atoms with E-state index in [1.54, 1.807) is 6.08 Å². The highest BCUT2D eigenvalue weighted by molar-refractivity contribution is 5.76. The fourth-order valence-electron chi connectivity index (χ4n) is 7.57. The highest BCUT2D eigenvalue weighted by Gasteiger charge is 2.44. The summed E-state index contributed by atoms with van der Waals surface area (Å²) in [6, 6.07) is -0.818. The van der Waals surface area contributed by atoms with Crippen LogP contribution in [0.5, 0.6) is 0 Å². The Labute approximate surface area is 432 Å². The molecule has 7 unspecified atom stereocenters. The first kappa shape index (κ1) is 65.1. The molecule has 0 bridgehead atoms. The molecule has 1 fully saturated rings. The summed E-state index contributed by atoms with van der Waals surface area (Å²) in [6.45, 7) is 3.56. The van der Waals surface area contributed by atoms with Crippen molar-refractivity contribution < 1.29 is 39.8 Å². The highest BCUT2D eigenvalue weighted by Crippen LogP contribution is 2.22. The molecule has 1 heterocycles. The number of hydrogen-bond acceptors (Lipinski definition) is 8. The van der Waals surface area contributed by atoms with E-state index in [-0.39, 0.29) is 12.5 Å². The summed E-state index contributed by atoms with van der Waals surface area (Å²) in [5.74, 6) is -0.200. The second-order valence-corrected chi connectivity index (χ2v) is 18.3. The maximum absolute atomic E-state index is 12.9. The molecule has 0 aliphatic carbocycles. The van der Waals surface area contributed by atoms with E-state index in [0.29, 0.717) is 6.42 Å². The van der Waals surface area contributed by atoms with Crippen molar-refractivity contribution in [2.45, 2.75) is 224 Å². The smallest absolute Gasteiger partial charge is 0.220 e. The van der Waals surface area contributed by atoms with Gasteiger partial charge in [-0.25, -0.2) is 0 Å². The van der Waals surface area contributed by atoms with Crippen molar-refractivity contribution in [2.24, 2.45) is 0 Å². The largest absolute Gasteiger partial charge is 0.394 e. The van der Waals surface area contributed by atoms with Gasteiger partial charge in [0.15, 0.2) is 6.29 Å². The molecule has 0 aromatic heterocycles. The molecule has 9 heteroatoms. The first-order valence-corrected chi connectivity index (χ1v) is 27.6. The summed E-state index contributed by atoms with van der Waals surface area (Å²) in [5, 5.41) is 54.0. The maximum atomic E-state index is 12.9. The van der Waals surface area contributed by atoms with Crippen LogP contribution < -0.4 is 5.32 Å². The molecule has 0 saturated carbocycles. The minimum atomic E-state index is -1.57. The summed E-state index contributed by atoms with van der Waals surface area (Å²) in [4.78, 5) is 12.9. The molecule has 71 heavy (non-hydrogen) atoms. The van der Waals surface area contributed by atoms with Crippen LogP contribution in [0.15, 0.2) is 146 Å². The van der Waals surface area contributed by atoms with E-state index < -0.39 is 49.5 Å². The third kappa shape index (κ3) is 39.3. The van der Waals surface area contributed by atoms with Crippen molar-refractivity contribution in [3.8, 4) is 0 Å². The van der Waals surface area contributed by atoms with Gasteiger partial charge in [-0.1, -0.05) is 217 Å². The number of allylic oxidation sites excluding steroid dienone is 23. The molecule has 0 aromatic carbocycles. The zero-order valence-corrected chi connectivity index (χ0v) is 44.2. The molecule has 9 nitrogen and oxygen atoms in total. The number of amides is 1. The molecule has 6 N–H and O–H groups in total. The fraction of sp³-hybridized carbons (Fsp3) is 0.597. The summed E-state index contributed by atoms with van der Waals surface area (Å²) in [7, 11) is 0. The number of unbranched alkanes of at least 4 members (excludes halogenated alkanes) is 12. The van der Waals surface area contributed by atoms with Gasteiger partial charge in [0.25, 0.3) is 0 Å². The Bertz CT molecular complexity index is 1610. The van der Waals surface area contributed by atoms with Gasteiger partial charge in [0.2, 0.25) is 5.91 Å². The predicted octanol–water partition coefficient (Wildman–Crippen LogP) is 13.5. The van der Waals surface area contributed by atoms with Crippen molar-refractivity contribution in [1.82, 2.24) is 5.32 Å². The maximum Gasteiger partial charge on any atom is 0.220 e. The van der Waals surface area contributed by atoms with Gasteiger partial charge in [-0.2, -0.15) is 0 Å². The average Bonchev–Trinajstić information content (AvgIpc) is 3.37. The normalized spacial score (nSPS) is 20.5. The van der Waals surface area contributed by atoms with E-state index in [4.69, 9.17) is 9.47 Å². The molecule has 400 valence electrons. The first-order chi connectivity index (χ1) is 34.8. The molecule has 1 amide bonds. The van der Waals surface area contributed by atoms with Crippen molar-refractivity contribution >= 4 is 5.91 Å². The lowest BCUT2D eigenvalue weighted by Gasteiger charge is -2.40. The van der Waals surface area contributed by atoms with Gasteiger partial charge < -0.3 is 40.3 Å². The SMILES string of the molecule is CC/C=C\C/C=C\C/C=C\C/C=C\C/C=C\C/C=C\C/C=C\C/C=C\C/C=C\C/C=C\C/C=C\CCCCCCCCCC(=O)NC(COC1OC(CO)C(O)C(O)C1O)C(O)/C=C/CCCCCCC. The molecule has 0 spiro atoms. The molecule has 0 radical (unpaired) electrons. The van der Waals surface area contributed by atoms with Crippen LogP contribution in [-0.2, 0) is 14.3 Å². The van der Waals surface area contributed by atoms with Crippen molar-refractivity contribution in [3.63, 3.8) is 0 Å². The summed E-state index contributed by atoms with van der Waals surface area (Å²) in [6.07, 6.45) is 70.9. The van der Waals surface area contributed by atoms with Crippen LogP contribution in [0.2, 0.25) is 0 Å². The number of carbonyl (C=O) groups is 1. The molecule has 0 aromatic rings. The number of ether oxygens (including phenoxy) is 2. The Hall–Kier alpha value is -3.93. The zero-order valence-electron chi connectivity index (χ0n) is 44.2. The van der Waals surface area contributed by atoms with Gasteiger partial charge in [0, 0.05) is 6.42 Å². The third-order valence-corrected chi connectivity index (χ3v) is 11.9. The number of nitrogens with one attached hydrogen (secondary N) is 1. The molecular weight excluding hydrogens is 887 g/mol. The van der Waals surface area contributed by atoms with E-state index >= 15 is 0 Å². The van der Waals surface area contributed by atoms with E-state index in [2.05, 4.69) is 153 Å². The lowest BCUT2D eigenvalue weighted by atomic mass is 9.99. The number of carbonyl (C=O) groups excluding carboxylic acids is 1. The van der Waals surface area contributed by atoms with Crippen LogP contribution >= 0.6 is 0 Å². The van der Waals surface area contributed by atoms with E-state index in [0.717, 1.165) is 122 Å². The average molecular weight is 986 g/mol. The highest BCUT2D eigenvalue weighted by atomic mass is 16.7. The Balaban J connectivity index is 2.11. The van der Waals surface area contributed by atoms with Crippen LogP contribution in [-0.4, -0.2) is 87.5 Å². The summed E-state index contributed by atoms with van der Waals surface area (Å²) in [5.41, 5.74) is 0. The van der Waals surface area contributed by atoms with Gasteiger partial charge in [0.05, 0.1) is 25.4 Å². The van der Waals surface area contributed by atoms with Crippen molar-refractivity contribution in [1.29, 1.82) is 0 Å². The summed E-state index contributed by atoms with van der Waals surface area (Å²) >= 11 is 0. The molecule has 7 atom stereocenters. The van der Waals surface area contributed by atoms with Crippen LogP contribution in [0.3, 0.4) is 0 Å². The topological polar surface area (TPSA) is 149 Å². The quantitative estimate of drug-likeness (QED) is 0.0261. The minimum Gasteiger partial charge on any atom is -0.394 e. The lowest BCUT2D eigenvalue weighted by molar-refractivity contribution is -0.302. The number of rotatable bonds is 44. The molecular formula is C62H99NO8. The Morgan fingerprint density at radius 3 is 1.30 bits per heavy atom. The van der Waals surface area contributed by atoms with Crippen LogP contribution in [0.1, 0.15) is 181 Å². The van der Waals surface area contributed by atoms with Crippen LogP contribution in [0.4, 0.5) is 0 Å². The standard InChI is InChI=1S/C62H99NO8/c1-3-5-7-9-11-12-13-14-15-16-17-18-19-20-21-22-23-24-25-26-27-28-29-30-31-32-33-34-35-36-37-38-39-40-41-42-43-44-46-48-50-52-58(66)63-55(56(65)51-49-47-45-10-8-6-4-2)54-70-62-61(69)60(68)59(67)57(53-64)71-62/h5,7,11-12,14-15,17-18,20-21,23-24,26-27,29-30,32-33,35-36,38-39,49,51,55-57,59-62,64-65,67-69H,3-4,6,8-10,13,16,19,22,25,28,31,34,37,40-48,50,52-54H2,1-2H3,(H,63,66)/b7-5-,12-11-,15-14-,18-17-,21-20-,24-23-,27-26-,30-29-,33-32-,36-35-,39-38-,51-49+. The molecule has 1 aliphatic heterocycles. The monoisotopic (exact) mass is 986 g/mol. The molecule has 1 rings (SSSR count). The van der Waals surface area contributed by atoms with Gasteiger partial charge in [-0.15, -0.1) is 0 Å². The fourth-order valence-corrected chi connectivity index (χ4v) is 7.57. The van der Waals surface area contributed by atoms with Gasteiger partial charge in [-0.3, -0.25) is 4.79 Å². The second kappa shape index (κ2) is 49.6. The number of hydrogen-bond donors (Lipinski definition) is 6. The van der Waals surface area contributed by atoms with Crippen LogP contribution in [0, 0.1) is 0 Å². The van der Waals surface area contributed by atoms with Gasteiger partial charge in [-0.05, 0) is 103 Å². The first-order valence-electron chi connectivity index (χ1n) is 27.6. The third-order valence-electron chi connectivity index (χ3n) is 11.9. The summed E-state index contributed by atoms with van der Waals surface area (Å²) < 4.78 is 11.2. The van der Waals surface area contributed by atoms with Crippen molar-refractivity contribution in [3.05, 3.63) is 146 Å². The lowest BCUT2D eigenvalue weighted by Crippen LogP contribution is -2.60. The van der Waals surface area contributed by atoms with Gasteiger partial charge in [0.1, 0.15) is 24.4 Å². The number of aliphatic hydroxyl groups is 5. The Morgan fingerprint density at radius 1 is 0.493 bits per heavy atom. The molecule has 1 saturated heterocycles. The number of aliphatic hydroxyl groups excluding tert-OH is 5. The van der Waals surface area contributed by atoms with E-state index in [9.17, 15) is 30.3 Å². The molecule has 1 aliphatic rings. The van der Waals surface area contributed by atoms with E-state index in [1.807, 2.05) is 6.08 Å². The van der Waals surface area contributed by atoms with Crippen molar-refractivity contribution in [2.75, 3.05) is 13.2 Å². The second-order valence-electron chi connectivity index (χ2n) is 18.3. The minimum absolute atomic E-state index is 0.200. The Kier molecular flexibility index (Phi) is 45.5.